The molecule has 3 unspecified atom stereocenters. The number of aryl methyl sites for hydroxylation is 1. The molecule has 0 aliphatic carbocycles. The molecule has 47 heavy (non-hydrogen) atoms. The van der Waals surface area contributed by atoms with Crippen LogP contribution < -0.4 is 10.1 Å². The highest BCUT2D eigenvalue weighted by Crippen LogP contribution is 2.44. The first-order valence-electron chi connectivity index (χ1n) is 15.1. The minimum absolute atomic E-state index is 0.0690. The van der Waals surface area contributed by atoms with Crippen LogP contribution in [0.5, 0.6) is 5.75 Å². The first kappa shape index (κ1) is 37.2. The van der Waals surface area contributed by atoms with E-state index in [2.05, 4.69) is 10.3 Å². The Kier molecular flexibility index (Phi) is 12.7. The molecule has 14 heteroatoms. The van der Waals surface area contributed by atoms with Crippen LogP contribution in [0.25, 0.3) is 0 Å². The lowest BCUT2D eigenvalue weighted by molar-refractivity contribution is -0.384. The van der Waals surface area contributed by atoms with Gasteiger partial charge in [-0.1, -0.05) is 24.3 Å². The van der Waals surface area contributed by atoms with Gasteiger partial charge in [0.25, 0.3) is 5.69 Å². The van der Waals surface area contributed by atoms with E-state index in [4.69, 9.17) is 14.2 Å². The number of hydrogen-bond donors (Lipinski definition) is 2. The van der Waals surface area contributed by atoms with Crippen LogP contribution in [-0.4, -0.2) is 71.9 Å². The molecule has 256 valence electrons. The highest BCUT2D eigenvalue weighted by molar-refractivity contribution is 6.10. The van der Waals surface area contributed by atoms with Gasteiger partial charge in [-0.05, 0) is 70.7 Å². The summed E-state index contributed by atoms with van der Waals surface area (Å²) in [6, 6.07) is 11.9. The van der Waals surface area contributed by atoms with E-state index in [0.29, 0.717) is 25.1 Å². The Hall–Kier alpha value is -4.30. The lowest BCUT2D eigenvalue weighted by atomic mass is 9.75. The molecule has 1 heterocycles. The molecule has 11 nitrogen and oxygen atoms in total. The lowest BCUT2D eigenvalue weighted by Gasteiger charge is -2.33. The van der Waals surface area contributed by atoms with E-state index in [0.717, 1.165) is 17.7 Å². The molecule has 0 fully saturated rings. The zero-order valence-electron chi connectivity index (χ0n) is 26.9. The van der Waals surface area contributed by atoms with Crippen LogP contribution in [0.2, 0.25) is 0 Å². The van der Waals surface area contributed by atoms with E-state index in [9.17, 15) is 38.0 Å². The normalized spacial score (nSPS) is 17.5. The van der Waals surface area contributed by atoms with E-state index < -0.39 is 52.4 Å². The number of esters is 2. The molecule has 0 saturated carbocycles. The van der Waals surface area contributed by atoms with E-state index in [-0.39, 0.29) is 42.2 Å². The fourth-order valence-electron chi connectivity index (χ4n) is 4.99. The Morgan fingerprint density at radius 3 is 2.38 bits per heavy atom. The summed E-state index contributed by atoms with van der Waals surface area (Å²) in [4.78, 5) is 40.7. The maximum absolute atomic E-state index is 14.2. The van der Waals surface area contributed by atoms with Gasteiger partial charge in [-0.25, -0.2) is 4.79 Å². The number of aliphatic hydroxyl groups is 1. The maximum Gasteiger partial charge on any atom is 0.430 e. The number of alkyl halides is 3. The van der Waals surface area contributed by atoms with Crippen molar-refractivity contribution in [2.45, 2.75) is 71.2 Å². The highest BCUT2D eigenvalue weighted by Gasteiger charge is 2.53. The number of non-ortho nitro benzene ring substituents is 1. The quantitative estimate of drug-likeness (QED) is 0.116. The Balaban J connectivity index is 1.74. The predicted octanol–water partition coefficient (Wildman–Crippen LogP) is 5.45. The van der Waals surface area contributed by atoms with Gasteiger partial charge in [0.15, 0.2) is 0 Å². The Labute approximate surface area is 271 Å². The summed E-state index contributed by atoms with van der Waals surface area (Å²) in [6.07, 6.45) is -4.91. The fraction of sp³-hybridized carbons (Fsp3) is 0.485. The van der Waals surface area contributed by atoms with E-state index in [1.807, 2.05) is 32.9 Å². The van der Waals surface area contributed by atoms with Gasteiger partial charge in [0.2, 0.25) is 0 Å². The smallest absolute Gasteiger partial charge is 0.430 e. The number of carbonyl (C=O) groups is 2. The molecule has 2 aromatic carbocycles. The second-order valence-electron chi connectivity index (χ2n) is 12.0. The summed E-state index contributed by atoms with van der Waals surface area (Å²) in [6.45, 7) is 8.73. The summed E-state index contributed by atoms with van der Waals surface area (Å²) in [5.41, 5.74) is -1.85. The van der Waals surface area contributed by atoms with Gasteiger partial charge in [-0.15, -0.1) is 0 Å². The van der Waals surface area contributed by atoms with Crippen molar-refractivity contribution in [1.29, 1.82) is 0 Å². The SMILES string of the molecule is CCOC(=O)C1C(C(F)(F)F)=NC(C)=C(C(=O)OCCCc2ccc(OCC(O)CNC(C)(C)C)cc2)C1c1cccc([N+](=O)[O-])c1. The van der Waals surface area contributed by atoms with Gasteiger partial charge >= 0.3 is 18.1 Å². The summed E-state index contributed by atoms with van der Waals surface area (Å²) >= 11 is 0. The van der Waals surface area contributed by atoms with Crippen molar-refractivity contribution in [3.05, 3.63) is 81.0 Å². The Morgan fingerprint density at radius 2 is 1.79 bits per heavy atom. The van der Waals surface area contributed by atoms with Crippen LogP contribution in [0.3, 0.4) is 0 Å². The summed E-state index contributed by atoms with van der Waals surface area (Å²) in [7, 11) is 0. The van der Waals surface area contributed by atoms with Gasteiger partial charge in [0.1, 0.15) is 30.1 Å². The van der Waals surface area contributed by atoms with Gasteiger partial charge in [-0.2, -0.15) is 13.2 Å². The average molecular weight is 664 g/mol. The van der Waals surface area contributed by atoms with Crippen LogP contribution in [0.15, 0.2) is 64.8 Å². The van der Waals surface area contributed by atoms with Gasteiger partial charge in [0, 0.05) is 35.8 Å². The number of aliphatic hydroxyl groups excluding tert-OH is 1. The molecule has 2 aromatic rings. The molecule has 1 aliphatic heterocycles. The fourth-order valence-corrected chi connectivity index (χ4v) is 4.99. The molecule has 1 aliphatic rings. The molecule has 0 saturated heterocycles. The number of β-amino-alcohol motifs (C(OH)–C–C–N with tert-alkyl or cyclic N) is 1. The average Bonchev–Trinajstić information content (AvgIpc) is 3.00. The molecule has 0 amide bonds. The third-order valence-electron chi connectivity index (χ3n) is 7.18. The monoisotopic (exact) mass is 663 g/mol. The molecule has 0 aromatic heterocycles. The minimum atomic E-state index is -5.06. The number of carbonyl (C=O) groups excluding carboxylic acids is 2. The van der Waals surface area contributed by atoms with Crippen LogP contribution in [0, 0.1) is 16.0 Å². The number of rotatable bonds is 14. The summed E-state index contributed by atoms with van der Waals surface area (Å²) in [5.74, 6) is -5.41. The molecule has 2 N–H and O–H groups in total. The largest absolute Gasteiger partial charge is 0.491 e. The number of nitrogens with one attached hydrogen (secondary N) is 1. The molecule has 3 atom stereocenters. The first-order chi connectivity index (χ1) is 22.0. The molecular formula is C33H40F3N3O8. The Morgan fingerprint density at radius 1 is 1.11 bits per heavy atom. The summed E-state index contributed by atoms with van der Waals surface area (Å²) < 4.78 is 58.5. The third-order valence-corrected chi connectivity index (χ3v) is 7.18. The Bertz CT molecular complexity index is 1480. The number of nitro groups is 1. The topological polar surface area (TPSA) is 150 Å². The number of ether oxygens (including phenoxy) is 3. The van der Waals surface area contributed by atoms with Gasteiger partial charge in [0.05, 0.1) is 23.7 Å². The van der Waals surface area contributed by atoms with Crippen molar-refractivity contribution in [1.82, 2.24) is 5.32 Å². The standard InChI is InChI=1S/C33H40F3N3O8/c1-6-45-31(42)28-27(22-10-7-11-23(17-22)39(43)44)26(20(2)38-29(28)33(34,35)36)30(41)46-16-8-9-21-12-14-25(15-13-21)47-19-24(40)18-37-32(3,4)5/h7,10-15,17,24,27-28,37,40H,6,8-9,16,18-19H2,1-5H3. The molecule has 0 bridgehead atoms. The third kappa shape index (κ3) is 10.6. The van der Waals surface area contributed by atoms with Gasteiger partial charge in [-0.3, -0.25) is 19.9 Å². The van der Waals surface area contributed by atoms with Crippen molar-refractivity contribution < 1.29 is 47.0 Å². The van der Waals surface area contributed by atoms with E-state index in [1.165, 1.54) is 26.0 Å². The summed E-state index contributed by atoms with van der Waals surface area (Å²) in [5, 5.41) is 24.8. The molecule has 0 radical (unpaired) electrons. The second-order valence-corrected chi connectivity index (χ2v) is 12.0. The number of hydrogen-bond acceptors (Lipinski definition) is 10. The number of nitrogens with zero attached hydrogens (tertiary/aromatic N) is 2. The minimum Gasteiger partial charge on any atom is -0.491 e. The number of nitro benzene ring substituents is 1. The molecular weight excluding hydrogens is 623 g/mol. The maximum atomic E-state index is 14.2. The number of halogens is 3. The second kappa shape index (κ2) is 16.0. The van der Waals surface area contributed by atoms with Crippen molar-refractivity contribution in [3.63, 3.8) is 0 Å². The van der Waals surface area contributed by atoms with Crippen molar-refractivity contribution in [3.8, 4) is 5.75 Å². The molecule has 3 rings (SSSR count). The van der Waals surface area contributed by atoms with Crippen LogP contribution >= 0.6 is 0 Å². The lowest BCUT2D eigenvalue weighted by Crippen LogP contribution is -2.44. The predicted molar refractivity (Wildman–Crippen MR) is 167 cm³/mol. The van der Waals surface area contributed by atoms with Crippen molar-refractivity contribution in [2.75, 3.05) is 26.4 Å². The van der Waals surface area contributed by atoms with Crippen LogP contribution in [0.4, 0.5) is 18.9 Å². The highest BCUT2D eigenvalue weighted by atomic mass is 19.4. The van der Waals surface area contributed by atoms with Crippen molar-refractivity contribution >= 4 is 23.3 Å². The van der Waals surface area contributed by atoms with E-state index in [1.54, 1.807) is 12.1 Å². The number of benzene rings is 2. The van der Waals surface area contributed by atoms with Crippen LogP contribution in [-0.2, 0) is 25.5 Å². The first-order valence-corrected chi connectivity index (χ1v) is 15.1. The van der Waals surface area contributed by atoms with Crippen molar-refractivity contribution in [2.24, 2.45) is 10.9 Å². The molecule has 0 spiro atoms. The number of aliphatic imine (C=N–C) groups is 1. The van der Waals surface area contributed by atoms with Crippen LogP contribution in [0.1, 0.15) is 58.1 Å². The number of allylic oxidation sites excluding steroid dienone is 1. The zero-order chi connectivity index (χ0) is 34.9. The van der Waals surface area contributed by atoms with E-state index >= 15 is 0 Å². The zero-order valence-corrected chi connectivity index (χ0v) is 26.9. The van der Waals surface area contributed by atoms with Gasteiger partial charge < -0.3 is 24.6 Å².